The number of rotatable bonds is 55. The number of unbranched alkanes of at least 4 members (excludes halogenated alkanes) is 42. The van der Waals surface area contributed by atoms with E-state index >= 15 is 0 Å². The molecule has 6 heteroatoms. The molecule has 0 aromatic carbocycles. The summed E-state index contributed by atoms with van der Waals surface area (Å²) in [6, 6.07) is 0. The van der Waals surface area contributed by atoms with Crippen LogP contribution < -0.4 is 0 Å². The fourth-order valence-corrected chi connectivity index (χ4v) is 9.03. The van der Waals surface area contributed by atoms with Gasteiger partial charge in [0.2, 0.25) is 0 Å². The molecule has 0 heterocycles. The first-order valence-electron chi connectivity index (χ1n) is 29.7. The van der Waals surface area contributed by atoms with E-state index in [1.165, 1.54) is 225 Å². The summed E-state index contributed by atoms with van der Waals surface area (Å²) in [5.74, 6) is -0.873. The molecule has 0 amide bonds. The Labute approximate surface area is 411 Å². The van der Waals surface area contributed by atoms with E-state index in [4.69, 9.17) is 14.2 Å². The molecule has 0 fully saturated rings. The minimum atomic E-state index is -0.766. The zero-order valence-corrected chi connectivity index (χ0v) is 44.7. The van der Waals surface area contributed by atoms with Gasteiger partial charge in [-0.15, -0.1) is 0 Å². The summed E-state index contributed by atoms with van der Waals surface area (Å²) in [5.41, 5.74) is 0. The van der Waals surface area contributed by atoms with Gasteiger partial charge in [-0.2, -0.15) is 0 Å². The molecule has 0 aliphatic rings. The van der Waals surface area contributed by atoms with Crippen molar-refractivity contribution >= 4 is 17.9 Å². The molecule has 0 saturated carbocycles. The van der Waals surface area contributed by atoms with Crippen molar-refractivity contribution in [2.24, 2.45) is 0 Å². The molecule has 1 unspecified atom stereocenters. The van der Waals surface area contributed by atoms with Crippen molar-refractivity contribution in [3.05, 3.63) is 12.2 Å². The Kier molecular flexibility index (Phi) is 54.2. The fraction of sp³-hybridized carbons (Fsp3) is 0.917. The first-order valence-corrected chi connectivity index (χ1v) is 29.7. The van der Waals surface area contributed by atoms with Gasteiger partial charge in [0.1, 0.15) is 13.2 Å². The molecule has 0 aromatic heterocycles. The summed E-state index contributed by atoms with van der Waals surface area (Å²) < 4.78 is 16.7. The number of hydrogen-bond acceptors (Lipinski definition) is 6. The molecule has 0 N–H and O–H groups in total. The first-order chi connectivity index (χ1) is 32.5. The van der Waals surface area contributed by atoms with Crippen LogP contribution in [0.25, 0.3) is 0 Å². The molecule has 0 bridgehead atoms. The third-order valence-electron chi connectivity index (χ3n) is 13.5. The SMILES string of the molecule is CCCCCCCC/C=C\CCCCCCCC(=O)OC(COC(=O)CCCCCCC)COC(=O)CCCCCCCCCCCCCCCCCCCCCCCCCCCCCC. The van der Waals surface area contributed by atoms with Gasteiger partial charge in [0, 0.05) is 19.3 Å². The highest BCUT2D eigenvalue weighted by Gasteiger charge is 2.19. The Morgan fingerprint density at radius 3 is 0.758 bits per heavy atom. The van der Waals surface area contributed by atoms with Crippen LogP contribution >= 0.6 is 0 Å². The molecule has 0 aliphatic carbocycles. The van der Waals surface area contributed by atoms with Crippen LogP contribution in [0.2, 0.25) is 0 Å². The molecule has 0 aliphatic heterocycles. The summed E-state index contributed by atoms with van der Waals surface area (Å²) in [7, 11) is 0. The van der Waals surface area contributed by atoms with Crippen molar-refractivity contribution in [1.29, 1.82) is 0 Å². The van der Waals surface area contributed by atoms with E-state index in [-0.39, 0.29) is 31.1 Å². The minimum absolute atomic E-state index is 0.0692. The zero-order chi connectivity index (χ0) is 47.9. The molecular weight excluding hydrogens is 817 g/mol. The Balaban J connectivity index is 3.94. The zero-order valence-electron chi connectivity index (χ0n) is 44.7. The average molecular weight is 932 g/mol. The minimum Gasteiger partial charge on any atom is -0.462 e. The van der Waals surface area contributed by atoms with Gasteiger partial charge >= 0.3 is 17.9 Å². The van der Waals surface area contributed by atoms with Crippen LogP contribution in [0.1, 0.15) is 335 Å². The molecule has 0 saturated heterocycles. The molecule has 1 atom stereocenters. The van der Waals surface area contributed by atoms with Crippen molar-refractivity contribution in [3.8, 4) is 0 Å². The van der Waals surface area contributed by atoms with Gasteiger partial charge in [-0.25, -0.2) is 0 Å². The summed E-state index contributed by atoms with van der Waals surface area (Å²) in [6.45, 7) is 6.59. The van der Waals surface area contributed by atoms with Gasteiger partial charge in [-0.3, -0.25) is 14.4 Å². The highest BCUT2D eigenvalue weighted by molar-refractivity contribution is 5.71. The fourth-order valence-electron chi connectivity index (χ4n) is 9.03. The van der Waals surface area contributed by atoms with E-state index in [2.05, 4.69) is 32.9 Å². The van der Waals surface area contributed by atoms with Crippen LogP contribution in [0.5, 0.6) is 0 Å². The second-order valence-electron chi connectivity index (χ2n) is 20.3. The summed E-state index contributed by atoms with van der Waals surface area (Å²) in [5, 5.41) is 0. The third-order valence-corrected chi connectivity index (χ3v) is 13.5. The van der Waals surface area contributed by atoms with Crippen LogP contribution in [-0.2, 0) is 28.6 Å². The Morgan fingerprint density at radius 2 is 0.500 bits per heavy atom. The quantitative estimate of drug-likeness (QED) is 0.0262. The lowest BCUT2D eigenvalue weighted by molar-refractivity contribution is -0.167. The average Bonchev–Trinajstić information content (AvgIpc) is 3.31. The number of ether oxygens (including phenoxy) is 3. The summed E-state index contributed by atoms with van der Waals surface area (Å²) >= 11 is 0. The Bertz CT molecular complexity index is 1020. The normalized spacial score (nSPS) is 12.0. The molecule has 0 radical (unpaired) electrons. The van der Waals surface area contributed by atoms with Crippen molar-refractivity contribution in [2.75, 3.05) is 13.2 Å². The Hall–Kier alpha value is -1.85. The lowest BCUT2D eigenvalue weighted by Crippen LogP contribution is -2.30. The van der Waals surface area contributed by atoms with E-state index in [1.54, 1.807) is 0 Å². The maximum atomic E-state index is 12.7. The van der Waals surface area contributed by atoms with E-state index in [1.807, 2.05) is 0 Å². The standard InChI is InChI=1S/C60H114O6/c1-4-7-10-13-15-17-19-21-23-24-25-26-27-28-29-30-31-32-33-34-35-37-38-40-42-44-47-50-53-59(62)65-56-57(55-64-58(61)52-49-46-12-9-6-3)66-60(63)54-51-48-45-43-41-39-36-22-20-18-16-14-11-8-5-2/h22,36,57H,4-21,23-35,37-56H2,1-3H3/b36-22-. The van der Waals surface area contributed by atoms with Crippen LogP contribution in [0.4, 0.5) is 0 Å². The molecule has 6 nitrogen and oxygen atoms in total. The van der Waals surface area contributed by atoms with Crippen LogP contribution in [-0.4, -0.2) is 37.2 Å². The van der Waals surface area contributed by atoms with Crippen molar-refractivity contribution in [2.45, 2.75) is 341 Å². The van der Waals surface area contributed by atoms with E-state index < -0.39 is 6.10 Å². The molecule has 0 spiro atoms. The van der Waals surface area contributed by atoms with Gasteiger partial charge in [-0.05, 0) is 44.9 Å². The van der Waals surface area contributed by atoms with E-state index in [0.717, 1.165) is 70.6 Å². The first kappa shape index (κ1) is 64.2. The summed E-state index contributed by atoms with van der Waals surface area (Å²) in [6.07, 6.45) is 64.2. The van der Waals surface area contributed by atoms with E-state index in [0.29, 0.717) is 19.3 Å². The molecule has 0 aromatic rings. The predicted octanol–water partition coefficient (Wildman–Crippen LogP) is 19.7. The number of hydrogen-bond donors (Lipinski definition) is 0. The van der Waals surface area contributed by atoms with Crippen LogP contribution in [0.15, 0.2) is 12.2 Å². The lowest BCUT2D eigenvalue weighted by Gasteiger charge is -2.18. The van der Waals surface area contributed by atoms with Crippen molar-refractivity contribution < 1.29 is 28.6 Å². The number of carbonyl (C=O) groups is 3. The molecule has 66 heavy (non-hydrogen) atoms. The summed E-state index contributed by atoms with van der Waals surface area (Å²) in [4.78, 5) is 37.7. The van der Waals surface area contributed by atoms with Gasteiger partial charge < -0.3 is 14.2 Å². The lowest BCUT2D eigenvalue weighted by atomic mass is 10.0. The second kappa shape index (κ2) is 55.7. The third kappa shape index (κ3) is 53.1. The monoisotopic (exact) mass is 931 g/mol. The van der Waals surface area contributed by atoms with Crippen molar-refractivity contribution in [3.63, 3.8) is 0 Å². The topological polar surface area (TPSA) is 78.9 Å². The predicted molar refractivity (Wildman–Crippen MR) is 284 cm³/mol. The molecule has 390 valence electrons. The van der Waals surface area contributed by atoms with Gasteiger partial charge in [-0.1, -0.05) is 283 Å². The van der Waals surface area contributed by atoms with Gasteiger partial charge in [0.15, 0.2) is 6.10 Å². The van der Waals surface area contributed by atoms with Crippen LogP contribution in [0.3, 0.4) is 0 Å². The highest BCUT2D eigenvalue weighted by atomic mass is 16.6. The van der Waals surface area contributed by atoms with Crippen molar-refractivity contribution in [1.82, 2.24) is 0 Å². The maximum absolute atomic E-state index is 12.7. The Morgan fingerprint density at radius 1 is 0.288 bits per heavy atom. The molecular formula is C60H114O6. The van der Waals surface area contributed by atoms with Gasteiger partial charge in [0.05, 0.1) is 0 Å². The molecule has 0 rings (SSSR count). The number of carbonyl (C=O) groups excluding carboxylic acids is 3. The highest BCUT2D eigenvalue weighted by Crippen LogP contribution is 2.18. The van der Waals surface area contributed by atoms with Gasteiger partial charge in [0.25, 0.3) is 0 Å². The van der Waals surface area contributed by atoms with Crippen LogP contribution in [0, 0.1) is 0 Å². The maximum Gasteiger partial charge on any atom is 0.306 e. The largest absolute Gasteiger partial charge is 0.462 e. The smallest absolute Gasteiger partial charge is 0.306 e. The van der Waals surface area contributed by atoms with E-state index in [9.17, 15) is 14.4 Å². The number of esters is 3. The second-order valence-corrected chi connectivity index (χ2v) is 20.3. The number of allylic oxidation sites excluding steroid dienone is 2.